The molecule has 0 N–H and O–H groups in total. The number of hydrogen-bond acceptors (Lipinski definition) is 2. The molecule has 1 saturated carbocycles. The molecule has 1 aliphatic carbocycles. The van der Waals surface area contributed by atoms with E-state index < -0.39 is 0 Å². The van der Waals surface area contributed by atoms with Crippen molar-refractivity contribution in [3.8, 4) is 0 Å². The molecule has 0 aromatic heterocycles. The molecule has 0 bridgehead atoms. The van der Waals surface area contributed by atoms with Gasteiger partial charge in [-0.1, -0.05) is 20.3 Å². The van der Waals surface area contributed by atoms with Gasteiger partial charge in [0.1, 0.15) is 5.60 Å². The normalized spacial score (nSPS) is 20.9. The molecule has 94 valence electrons. The first-order valence-corrected chi connectivity index (χ1v) is 6.51. The number of rotatable bonds is 3. The molecule has 0 heterocycles. The molecule has 1 aliphatic rings. The highest BCUT2D eigenvalue weighted by Gasteiger charge is 2.38. The molecule has 0 atom stereocenters. The van der Waals surface area contributed by atoms with Crippen LogP contribution in [0.5, 0.6) is 0 Å². The summed E-state index contributed by atoms with van der Waals surface area (Å²) in [5.41, 5.74) is -0.581. The highest BCUT2D eigenvalue weighted by Crippen LogP contribution is 2.35. The maximum Gasteiger partial charge on any atom is 0.312 e. The second kappa shape index (κ2) is 4.77. The molecule has 16 heavy (non-hydrogen) atoms. The lowest BCUT2D eigenvalue weighted by Gasteiger charge is -2.37. The Bertz CT molecular complexity index is 247. The standard InChI is InChI=1S/C14H26O2/c1-11(2)13(3,4)12(15)16-14(5)9-7-6-8-10-14/h11H,6-10H2,1-5H3. The van der Waals surface area contributed by atoms with Crippen LogP contribution in [-0.4, -0.2) is 11.6 Å². The molecular weight excluding hydrogens is 200 g/mol. The van der Waals surface area contributed by atoms with E-state index in [9.17, 15) is 4.79 Å². The number of hydrogen-bond donors (Lipinski definition) is 0. The topological polar surface area (TPSA) is 26.3 Å². The lowest BCUT2D eigenvalue weighted by molar-refractivity contribution is -0.174. The smallest absolute Gasteiger partial charge is 0.312 e. The highest BCUT2D eigenvalue weighted by atomic mass is 16.6. The number of ether oxygens (including phenoxy) is 1. The summed E-state index contributed by atoms with van der Waals surface area (Å²) in [6.45, 7) is 10.2. The van der Waals surface area contributed by atoms with Crippen LogP contribution in [-0.2, 0) is 9.53 Å². The summed E-state index contributed by atoms with van der Waals surface area (Å²) in [6.07, 6.45) is 5.69. The van der Waals surface area contributed by atoms with Gasteiger partial charge >= 0.3 is 5.97 Å². The van der Waals surface area contributed by atoms with Crippen molar-refractivity contribution in [2.45, 2.75) is 72.3 Å². The summed E-state index contributed by atoms with van der Waals surface area (Å²) in [5, 5.41) is 0. The molecule has 0 aliphatic heterocycles. The molecule has 1 fully saturated rings. The minimum Gasteiger partial charge on any atom is -0.459 e. The van der Waals surface area contributed by atoms with Crippen LogP contribution >= 0.6 is 0 Å². The van der Waals surface area contributed by atoms with Gasteiger partial charge in [-0.25, -0.2) is 0 Å². The molecule has 0 aromatic carbocycles. The summed E-state index contributed by atoms with van der Waals surface area (Å²) in [6, 6.07) is 0. The van der Waals surface area contributed by atoms with E-state index in [1.54, 1.807) is 0 Å². The molecule has 0 radical (unpaired) electrons. The van der Waals surface area contributed by atoms with Gasteiger partial charge in [0.05, 0.1) is 5.41 Å². The van der Waals surface area contributed by atoms with E-state index in [2.05, 4.69) is 20.8 Å². The van der Waals surface area contributed by atoms with E-state index in [0.29, 0.717) is 5.92 Å². The molecule has 1 rings (SSSR count). The largest absolute Gasteiger partial charge is 0.459 e. The predicted octanol–water partition coefficient (Wildman–Crippen LogP) is 3.93. The fourth-order valence-corrected chi connectivity index (χ4v) is 1.99. The maximum absolute atomic E-state index is 12.2. The average Bonchev–Trinajstić information content (AvgIpc) is 2.17. The summed E-state index contributed by atoms with van der Waals surface area (Å²) in [7, 11) is 0. The van der Waals surface area contributed by atoms with Gasteiger partial charge in [-0.3, -0.25) is 4.79 Å². The Morgan fingerprint density at radius 1 is 1.19 bits per heavy atom. The minimum absolute atomic E-state index is 0.0353. The molecule has 0 saturated heterocycles. The zero-order valence-electron chi connectivity index (χ0n) is 11.4. The first kappa shape index (κ1) is 13.5. The predicted molar refractivity (Wildman–Crippen MR) is 66.2 cm³/mol. The first-order chi connectivity index (χ1) is 7.28. The molecule has 0 aromatic rings. The summed E-state index contributed by atoms with van der Waals surface area (Å²) >= 11 is 0. The molecule has 2 nitrogen and oxygen atoms in total. The van der Waals surface area contributed by atoms with Crippen molar-refractivity contribution in [3.05, 3.63) is 0 Å². The summed E-state index contributed by atoms with van der Waals surface area (Å²) in [5.74, 6) is 0.277. The summed E-state index contributed by atoms with van der Waals surface area (Å²) in [4.78, 5) is 12.2. The van der Waals surface area contributed by atoms with Gasteiger partial charge in [-0.15, -0.1) is 0 Å². The summed E-state index contributed by atoms with van der Waals surface area (Å²) < 4.78 is 5.77. The van der Waals surface area contributed by atoms with Gasteiger partial charge in [-0.2, -0.15) is 0 Å². The Labute approximate surface area is 99.8 Å². The average molecular weight is 226 g/mol. The van der Waals surface area contributed by atoms with Gasteiger partial charge in [-0.05, 0) is 52.4 Å². The van der Waals surface area contributed by atoms with E-state index in [1.807, 2.05) is 13.8 Å². The third-order valence-corrected chi connectivity index (χ3v) is 4.22. The van der Waals surface area contributed by atoms with Crippen LogP contribution in [0.25, 0.3) is 0 Å². The van der Waals surface area contributed by atoms with E-state index in [-0.39, 0.29) is 17.0 Å². The maximum atomic E-state index is 12.2. The molecule has 0 unspecified atom stereocenters. The molecule has 0 spiro atoms. The third-order valence-electron chi connectivity index (χ3n) is 4.22. The van der Waals surface area contributed by atoms with Gasteiger partial charge in [0.25, 0.3) is 0 Å². The zero-order valence-corrected chi connectivity index (χ0v) is 11.4. The van der Waals surface area contributed by atoms with Crippen molar-refractivity contribution in [3.63, 3.8) is 0 Å². The van der Waals surface area contributed by atoms with Crippen LogP contribution in [0.15, 0.2) is 0 Å². The minimum atomic E-state index is -0.375. The Morgan fingerprint density at radius 2 is 1.69 bits per heavy atom. The Balaban J connectivity index is 2.62. The Hall–Kier alpha value is -0.530. The van der Waals surface area contributed by atoms with Crippen molar-refractivity contribution >= 4 is 5.97 Å². The van der Waals surface area contributed by atoms with Crippen LogP contribution in [0.4, 0.5) is 0 Å². The van der Waals surface area contributed by atoms with Crippen LogP contribution in [0.3, 0.4) is 0 Å². The van der Waals surface area contributed by atoms with E-state index in [0.717, 1.165) is 12.8 Å². The van der Waals surface area contributed by atoms with Crippen molar-refractivity contribution in [1.82, 2.24) is 0 Å². The molecule has 0 amide bonds. The van der Waals surface area contributed by atoms with Gasteiger partial charge in [0, 0.05) is 0 Å². The van der Waals surface area contributed by atoms with Crippen LogP contribution < -0.4 is 0 Å². The van der Waals surface area contributed by atoms with Crippen molar-refractivity contribution in [2.24, 2.45) is 11.3 Å². The molecular formula is C14H26O2. The quantitative estimate of drug-likeness (QED) is 0.681. The monoisotopic (exact) mass is 226 g/mol. The van der Waals surface area contributed by atoms with Crippen molar-refractivity contribution in [1.29, 1.82) is 0 Å². The van der Waals surface area contributed by atoms with E-state index in [1.165, 1.54) is 19.3 Å². The van der Waals surface area contributed by atoms with Gasteiger partial charge in [0.15, 0.2) is 0 Å². The van der Waals surface area contributed by atoms with Crippen LogP contribution in [0.2, 0.25) is 0 Å². The fourth-order valence-electron chi connectivity index (χ4n) is 1.99. The van der Waals surface area contributed by atoms with E-state index >= 15 is 0 Å². The number of esters is 1. The van der Waals surface area contributed by atoms with Crippen LogP contribution in [0.1, 0.15) is 66.7 Å². The SMILES string of the molecule is CC(C)C(C)(C)C(=O)OC1(C)CCCCC1. The Kier molecular flexibility index (Phi) is 4.03. The Morgan fingerprint density at radius 3 is 2.12 bits per heavy atom. The zero-order chi connectivity index (χ0) is 12.4. The van der Waals surface area contributed by atoms with Gasteiger partial charge < -0.3 is 4.74 Å². The highest BCUT2D eigenvalue weighted by molar-refractivity contribution is 5.76. The second-order valence-corrected chi connectivity index (χ2v) is 6.28. The van der Waals surface area contributed by atoms with E-state index in [4.69, 9.17) is 4.74 Å². The van der Waals surface area contributed by atoms with Gasteiger partial charge in [0.2, 0.25) is 0 Å². The molecule has 2 heteroatoms. The lowest BCUT2D eigenvalue weighted by atomic mass is 9.80. The first-order valence-electron chi connectivity index (χ1n) is 6.51. The lowest BCUT2D eigenvalue weighted by Crippen LogP contribution is -2.41. The number of carbonyl (C=O) groups is 1. The second-order valence-electron chi connectivity index (χ2n) is 6.28. The van der Waals surface area contributed by atoms with Crippen LogP contribution in [0, 0.1) is 11.3 Å². The van der Waals surface area contributed by atoms with Crippen molar-refractivity contribution in [2.75, 3.05) is 0 Å². The fraction of sp³-hybridized carbons (Fsp3) is 0.929. The van der Waals surface area contributed by atoms with Crippen molar-refractivity contribution < 1.29 is 9.53 Å². The third kappa shape index (κ3) is 2.99. The number of carbonyl (C=O) groups excluding carboxylic acids is 1.